The van der Waals surface area contributed by atoms with E-state index < -0.39 is 6.03 Å². The van der Waals surface area contributed by atoms with Crippen molar-refractivity contribution in [2.45, 2.75) is 44.6 Å². The van der Waals surface area contributed by atoms with Gasteiger partial charge in [0.15, 0.2) is 5.01 Å². The average Bonchev–Trinajstić information content (AvgIpc) is 3.20. The third kappa shape index (κ3) is 5.70. The van der Waals surface area contributed by atoms with Crippen LogP contribution < -0.4 is 15.4 Å². The van der Waals surface area contributed by atoms with Gasteiger partial charge >= 0.3 is 6.03 Å². The fraction of sp³-hybridized carbons (Fsp3) is 0.318. The number of hydrogen-bond donors (Lipinski definition) is 2. The van der Waals surface area contributed by atoms with Gasteiger partial charge in [-0.1, -0.05) is 60.4 Å². The Morgan fingerprint density at radius 2 is 1.87 bits per heavy atom. The fourth-order valence-electron chi connectivity index (χ4n) is 3.61. The summed E-state index contributed by atoms with van der Waals surface area (Å²) in [6, 6.07) is 14.9. The van der Waals surface area contributed by atoms with E-state index in [1.165, 1.54) is 49.0 Å². The molecular formula is C22H23ClN4O2S. The molecule has 1 aliphatic carbocycles. The number of rotatable bonds is 6. The van der Waals surface area contributed by atoms with E-state index in [9.17, 15) is 4.79 Å². The molecule has 0 unspecified atom stereocenters. The normalized spacial score (nSPS) is 14.3. The molecule has 156 valence electrons. The Balaban J connectivity index is 1.26. The van der Waals surface area contributed by atoms with Crippen molar-refractivity contribution in [3.8, 4) is 5.75 Å². The van der Waals surface area contributed by atoms with Crippen molar-refractivity contribution in [3.05, 3.63) is 64.1 Å². The van der Waals surface area contributed by atoms with E-state index in [2.05, 4.69) is 33.0 Å². The van der Waals surface area contributed by atoms with Crippen LogP contribution >= 0.6 is 22.9 Å². The zero-order valence-electron chi connectivity index (χ0n) is 16.4. The maximum Gasteiger partial charge on any atom is 0.325 e. The van der Waals surface area contributed by atoms with Crippen LogP contribution in [0.2, 0.25) is 5.02 Å². The van der Waals surface area contributed by atoms with Gasteiger partial charge in [0.25, 0.3) is 0 Å². The van der Waals surface area contributed by atoms with Gasteiger partial charge in [-0.25, -0.2) is 4.79 Å². The van der Waals surface area contributed by atoms with E-state index in [4.69, 9.17) is 16.3 Å². The molecule has 1 heterocycles. The smallest absolute Gasteiger partial charge is 0.325 e. The second-order valence-electron chi connectivity index (χ2n) is 7.28. The molecule has 6 nitrogen and oxygen atoms in total. The summed E-state index contributed by atoms with van der Waals surface area (Å²) in [6.07, 6.45) is 6.58. The van der Waals surface area contributed by atoms with E-state index in [1.54, 1.807) is 24.3 Å². The van der Waals surface area contributed by atoms with Crippen LogP contribution in [0.3, 0.4) is 0 Å². The molecule has 30 heavy (non-hydrogen) atoms. The van der Waals surface area contributed by atoms with Crippen LogP contribution in [0.5, 0.6) is 5.75 Å². The van der Waals surface area contributed by atoms with E-state index in [-0.39, 0.29) is 0 Å². The number of nitrogens with one attached hydrogen (secondary N) is 2. The van der Waals surface area contributed by atoms with Gasteiger partial charge in [0, 0.05) is 10.7 Å². The van der Waals surface area contributed by atoms with Gasteiger partial charge in [0.1, 0.15) is 12.4 Å². The van der Waals surface area contributed by atoms with Gasteiger partial charge < -0.3 is 10.1 Å². The number of carbonyl (C=O) groups excluding carboxylic acids is 1. The summed E-state index contributed by atoms with van der Waals surface area (Å²) in [7, 11) is 0. The monoisotopic (exact) mass is 442 g/mol. The second kappa shape index (κ2) is 9.91. The predicted octanol–water partition coefficient (Wildman–Crippen LogP) is 6.46. The Morgan fingerprint density at radius 1 is 1.07 bits per heavy atom. The summed E-state index contributed by atoms with van der Waals surface area (Å²) in [4.78, 5) is 12.1. The summed E-state index contributed by atoms with van der Waals surface area (Å²) in [6.45, 7) is 0.304. The van der Waals surface area contributed by atoms with Crippen molar-refractivity contribution in [2.24, 2.45) is 0 Å². The number of nitrogens with zero attached hydrogens (tertiary/aromatic N) is 2. The Morgan fingerprint density at radius 3 is 2.63 bits per heavy atom. The predicted molar refractivity (Wildman–Crippen MR) is 121 cm³/mol. The van der Waals surface area contributed by atoms with Crippen molar-refractivity contribution in [1.82, 2.24) is 10.2 Å². The SMILES string of the molecule is O=C(Nc1cccc(Cl)c1)Nc1nnc(COc2ccc(C3CCCCC3)cc2)s1. The number of halogens is 1. The lowest BCUT2D eigenvalue weighted by molar-refractivity contribution is 0.262. The van der Waals surface area contributed by atoms with Crippen LogP contribution in [-0.2, 0) is 6.61 Å². The van der Waals surface area contributed by atoms with Gasteiger partial charge in [0.2, 0.25) is 5.13 Å². The number of ether oxygens (including phenoxy) is 1. The summed E-state index contributed by atoms with van der Waals surface area (Å²) in [5.74, 6) is 1.49. The number of carbonyl (C=O) groups is 1. The lowest BCUT2D eigenvalue weighted by Crippen LogP contribution is -2.19. The standard InChI is InChI=1S/C22H23ClN4O2S/c23-17-7-4-8-18(13-17)24-21(28)25-22-27-26-20(30-22)14-29-19-11-9-16(10-12-19)15-5-2-1-3-6-15/h4,7-13,15H,1-3,5-6,14H2,(H2,24,25,27,28). The summed E-state index contributed by atoms with van der Waals surface area (Å²) in [5.41, 5.74) is 2.00. The lowest BCUT2D eigenvalue weighted by atomic mass is 9.84. The van der Waals surface area contributed by atoms with Crippen LogP contribution in [-0.4, -0.2) is 16.2 Å². The third-order valence-electron chi connectivity index (χ3n) is 5.09. The maximum atomic E-state index is 12.1. The van der Waals surface area contributed by atoms with Gasteiger partial charge in [-0.3, -0.25) is 5.32 Å². The number of aromatic nitrogens is 2. The highest BCUT2D eigenvalue weighted by molar-refractivity contribution is 7.15. The maximum absolute atomic E-state index is 12.1. The summed E-state index contributed by atoms with van der Waals surface area (Å²) < 4.78 is 5.83. The topological polar surface area (TPSA) is 76.1 Å². The molecule has 2 amide bonds. The molecule has 0 radical (unpaired) electrons. The van der Waals surface area contributed by atoms with Gasteiger partial charge in [0.05, 0.1) is 0 Å². The second-order valence-corrected chi connectivity index (χ2v) is 8.78. The molecule has 2 N–H and O–H groups in total. The van der Waals surface area contributed by atoms with Crippen molar-refractivity contribution in [3.63, 3.8) is 0 Å². The molecule has 0 saturated heterocycles. The van der Waals surface area contributed by atoms with Gasteiger partial charge in [-0.15, -0.1) is 10.2 Å². The molecule has 0 atom stereocenters. The highest BCUT2D eigenvalue weighted by atomic mass is 35.5. The average molecular weight is 443 g/mol. The minimum absolute atomic E-state index is 0.304. The molecule has 4 rings (SSSR count). The number of amides is 2. The quantitative estimate of drug-likeness (QED) is 0.459. The Bertz CT molecular complexity index is 987. The minimum atomic E-state index is -0.404. The van der Waals surface area contributed by atoms with Gasteiger partial charge in [-0.05, 0) is 54.7 Å². The molecule has 1 saturated carbocycles. The Labute approximate surface area is 184 Å². The van der Waals surface area contributed by atoms with Crippen LogP contribution in [0.4, 0.5) is 15.6 Å². The first-order valence-corrected chi connectivity index (χ1v) is 11.2. The lowest BCUT2D eigenvalue weighted by Gasteiger charge is -2.22. The molecule has 0 aliphatic heterocycles. The zero-order chi connectivity index (χ0) is 20.8. The molecule has 1 aromatic heterocycles. The van der Waals surface area contributed by atoms with Crippen molar-refractivity contribution in [2.75, 3.05) is 10.6 Å². The summed E-state index contributed by atoms with van der Waals surface area (Å²) >= 11 is 7.19. The van der Waals surface area contributed by atoms with E-state index >= 15 is 0 Å². The Hall–Kier alpha value is -2.64. The summed E-state index contributed by atoms with van der Waals surface area (Å²) in [5, 5.41) is 15.1. The molecular weight excluding hydrogens is 420 g/mol. The van der Waals surface area contributed by atoms with Crippen molar-refractivity contribution >= 4 is 39.8 Å². The van der Waals surface area contributed by atoms with Crippen LogP contribution in [0.1, 0.15) is 48.6 Å². The third-order valence-corrected chi connectivity index (χ3v) is 6.14. The van der Waals surface area contributed by atoms with Gasteiger partial charge in [-0.2, -0.15) is 0 Å². The first-order chi connectivity index (χ1) is 14.7. The first kappa shape index (κ1) is 20.6. The molecule has 2 aromatic carbocycles. The largest absolute Gasteiger partial charge is 0.486 e. The number of hydrogen-bond acceptors (Lipinski definition) is 5. The molecule has 0 spiro atoms. The van der Waals surface area contributed by atoms with E-state index in [0.29, 0.717) is 33.4 Å². The first-order valence-electron chi connectivity index (χ1n) is 10.0. The van der Waals surface area contributed by atoms with E-state index in [0.717, 1.165) is 5.75 Å². The highest BCUT2D eigenvalue weighted by Gasteiger charge is 2.15. The number of anilines is 2. The minimum Gasteiger partial charge on any atom is -0.486 e. The van der Waals surface area contributed by atoms with Crippen LogP contribution in [0.25, 0.3) is 0 Å². The van der Waals surface area contributed by atoms with Crippen LogP contribution in [0.15, 0.2) is 48.5 Å². The molecule has 3 aromatic rings. The molecule has 0 bridgehead atoms. The van der Waals surface area contributed by atoms with Crippen molar-refractivity contribution in [1.29, 1.82) is 0 Å². The molecule has 1 aliphatic rings. The fourth-order valence-corrected chi connectivity index (χ4v) is 4.44. The highest BCUT2D eigenvalue weighted by Crippen LogP contribution is 2.33. The van der Waals surface area contributed by atoms with Crippen molar-refractivity contribution < 1.29 is 9.53 Å². The number of benzene rings is 2. The van der Waals surface area contributed by atoms with Crippen LogP contribution in [0, 0.1) is 0 Å². The zero-order valence-corrected chi connectivity index (χ0v) is 18.0. The number of urea groups is 1. The Kier molecular flexibility index (Phi) is 6.81. The molecule has 1 fully saturated rings. The van der Waals surface area contributed by atoms with E-state index in [1.807, 2.05) is 12.1 Å². The molecule has 8 heteroatoms.